The maximum absolute atomic E-state index is 13.3. The van der Waals surface area contributed by atoms with Crippen molar-refractivity contribution >= 4 is 15.9 Å². The van der Waals surface area contributed by atoms with Crippen LogP contribution in [-0.4, -0.2) is 56.8 Å². The number of nitrogens with one attached hydrogen (secondary N) is 1. The zero-order chi connectivity index (χ0) is 24.0. The Labute approximate surface area is 203 Å². The quantitative estimate of drug-likeness (QED) is 0.616. The van der Waals surface area contributed by atoms with Crippen LogP contribution in [0.3, 0.4) is 0 Å². The molecule has 2 fully saturated rings. The zero-order valence-electron chi connectivity index (χ0n) is 20.0. The van der Waals surface area contributed by atoms with Crippen LogP contribution in [0.2, 0.25) is 0 Å². The number of carbonyl (C=O) groups is 1. The van der Waals surface area contributed by atoms with E-state index in [0.29, 0.717) is 25.2 Å². The number of likely N-dealkylation sites (tertiary alicyclic amines) is 1. The van der Waals surface area contributed by atoms with E-state index in [1.807, 2.05) is 12.1 Å². The SMILES string of the molecule is COc1ccc(C(=O)NCc2ccc(CN3CCCC3)cc2)cc1S(=O)(=O)N1CCCCCC1. The summed E-state index contributed by atoms with van der Waals surface area (Å²) in [6.07, 6.45) is 6.31. The van der Waals surface area contributed by atoms with Gasteiger partial charge in [0.15, 0.2) is 0 Å². The van der Waals surface area contributed by atoms with Crippen LogP contribution in [0.1, 0.15) is 60.0 Å². The Kier molecular flexibility index (Phi) is 8.24. The van der Waals surface area contributed by atoms with Gasteiger partial charge in [-0.3, -0.25) is 9.69 Å². The van der Waals surface area contributed by atoms with Gasteiger partial charge in [0.25, 0.3) is 5.91 Å². The smallest absolute Gasteiger partial charge is 0.251 e. The second kappa shape index (κ2) is 11.3. The number of methoxy groups -OCH3 is 1. The maximum Gasteiger partial charge on any atom is 0.251 e. The highest BCUT2D eigenvalue weighted by Gasteiger charge is 2.29. The molecule has 2 aromatic carbocycles. The monoisotopic (exact) mass is 485 g/mol. The number of hydrogen-bond donors (Lipinski definition) is 1. The predicted octanol–water partition coefficient (Wildman–Crippen LogP) is 3.79. The minimum atomic E-state index is -3.74. The van der Waals surface area contributed by atoms with Crippen LogP contribution < -0.4 is 10.1 Å². The molecule has 0 atom stereocenters. The lowest BCUT2D eigenvalue weighted by Gasteiger charge is -2.21. The molecule has 34 heavy (non-hydrogen) atoms. The van der Waals surface area contributed by atoms with Crippen LogP contribution in [0.15, 0.2) is 47.4 Å². The molecule has 0 bridgehead atoms. The molecule has 1 amide bonds. The van der Waals surface area contributed by atoms with Crippen LogP contribution in [-0.2, 0) is 23.1 Å². The van der Waals surface area contributed by atoms with Crippen LogP contribution in [0.25, 0.3) is 0 Å². The first-order valence-electron chi connectivity index (χ1n) is 12.2. The highest BCUT2D eigenvalue weighted by atomic mass is 32.2. The molecule has 2 aromatic rings. The minimum Gasteiger partial charge on any atom is -0.495 e. The summed E-state index contributed by atoms with van der Waals surface area (Å²) in [6.45, 7) is 4.66. The molecule has 4 rings (SSSR count). The summed E-state index contributed by atoms with van der Waals surface area (Å²) in [6, 6.07) is 12.9. The first kappa shape index (κ1) is 24.7. The number of hydrogen-bond acceptors (Lipinski definition) is 5. The Balaban J connectivity index is 1.43. The molecule has 2 heterocycles. The van der Waals surface area contributed by atoms with Crippen molar-refractivity contribution < 1.29 is 17.9 Å². The summed E-state index contributed by atoms with van der Waals surface area (Å²) in [4.78, 5) is 15.4. The van der Waals surface area contributed by atoms with Gasteiger partial charge in [-0.2, -0.15) is 4.31 Å². The summed E-state index contributed by atoms with van der Waals surface area (Å²) in [7, 11) is -2.29. The molecular formula is C26H35N3O4S. The largest absolute Gasteiger partial charge is 0.495 e. The van der Waals surface area contributed by atoms with Crippen molar-refractivity contribution in [3.05, 3.63) is 59.2 Å². The van der Waals surface area contributed by atoms with Gasteiger partial charge < -0.3 is 10.1 Å². The van der Waals surface area contributed by atoms with E-state index in [1.165, 1.54) is 35.9 Å². The molecule has 7 nitrogen and oxygen atoms in total. The number of amides is 1. The topological polar surface area (TPSA) is 79.0 Å². The molecule has 0 radical (unpaired) electrons. The molecule has 0 aromatic heterocycles. The zero-order valence-corrected chi connectivity index (χ0v) is 20.8. The first-order valence-corrected chi connectivity index (χ1v) is 13.7. The Hall–Kier alpha value is -2.42. The number of carbonyl (C=O) groups excluding carboxylic acids is 1. The van der Waals surface area contributed by atoms with Crippen molar-refractivity contribution in [3.63, 3.8) is 0 Å². The number of rotatable bonds is 8. The fourth-order valence-corrected chi connectivity index (χ4v) is 6.39. The van der Waals surface area contributed by atoms with Gasteiger partial charge in [-0.15, -0.1) is 0 Å². The summed E-state index contributed by atoms with van der Waals surface area (Å²) in [5, 5.41) is 2.91. The first-order chi connectivity index (χ1) is 16.5. The highest BCUT2D eigenvalue weighted by Crippen LogP contribution is 2.29. The van der Waals surface area contributed by atoms with Gasteiger partial charge in [0.2, 0.25) is 10.0 Å². The summed E-state index contributed by atoms with van der Waals surface area (Å²) >= 11 is 0. The molecule has 8 heteroatoms. The van der Waals surface area contributed by atoms with Gasteiger partial charge in [-0.05, 0) is 68.1 Å². The predicted molar refractivity (Wildman–Crippen MR) is 132 cm³/mol. The van der Waals surface area contributed by atoms with Crippen molar-refractivity contribution in [2.45, 2.75) is 56.5 Å². The van der Waals surface area contributed by atoms with E-state index >= 15 is 0 Å². The molecular weight excluding hydrogens is 450 g/mol. The van der Waals surface area contributed by atoms with Crippen molar-refractivity contribution in [2.24, 2.45) is 0 Å². The van der Waals surface area contributed by atoms with Crippen LogP contribution in [0.4, 0.5) is 0 Å². The minimum absolute atomic E-state index is 0.0517. The average molecular weight is 486 g/mol. The lowest BCUT2D eigenvalue weighted by Crippen LogP contribution is -2.32. The van der Waals surface area contributed by atoms with E-state index in [9.17, 15) is 13.2 Å². The maximum atomic E-state index is 13.3. The number of sulfonamides is 1. The molecule has 0 spiro atoms. The van der Waals surface area contributed by atoms with Crippen molar-refractivity contribution in [1.82, 2.24) is 14.5 Å². The highest BCUT2D eigenvalue weighted by molar-refractivity contribution is 7.89. The van der Waals surface area contributed by atoms with E-state index in [0.717, 1.165) is 50.9 Å². The lowest BCUT2D eigenvalue weighted by molar-refractivity contribution is 0.0950. The summed E-state index contributed by atoms with van der Waals surface area (Å²) in [5.41, 5.74) is 2.58. The molecule has 0 saturated carbocycles. The third kappa shape index (κ3) is 5.98. The Morgan fingerprint density at radius 1 is 0.882 bits per heavy atom. The average Bonchev–Trinajstić information content (AvgIpc) is 3.20. The number of ether oxygens (including phenoxy) is 1. The van der Waals surface area contributed by atoms with Crippen LogP contribution in [0.5, 0.6) is 5.75 Å². The van der Waals surface area contributed by atoms with E-state index in [-0.39, 0.29) is 16.6 Å². The standard InChI is InChI=1S/C26H35N3O4S/c1-33-24-13-12-23(18-25(24)34(31,32)29-16-4-2-3-5-17-29)26(30)27-19-21-8-10-22(11-9-21)20-28-14-6-7-15-28/h8-13,18H,2-7,14-17,19-20H2,1H3,(H,27,30). The Morgan fingerprint density at radius 2 is 1.50 bits per heavy atom. The number of nitrogens with zero attached hydrogens (tertiary/aromatic N) is 2. The fourth-order valence-electron chi connectivity index (χ4n) is 4.69. The summed E-state index contributed by atoms with van der Waals surface area (Å²) in [5.74, 6) is -0.0505. The van der Waals surface area contributed by atoms with E-state index in [1.54, 1.807) is 12.1 Å². The third-order valence-electron chi connectivity index (χ3n) is 6.69. The molecule has 2 aliphatic heterocycles. The van der Waals surface area contributed by atoms with Gasteiger partial charge in [-0.25, -0.2) is 8.42 Å². The normalized spacial score (nSPS) is 17.9. The van der Waals surface area contributed by atoms with E-state index in [4.69, 9.17) is 4.74 Å². The molecule has 1 N–H and O–H groups in total. The molecule has 2 saturated heterocycles. The molecule has 0 aliphatic carbocycles. The fraction of sp³-hybridized carbons (Fsp3) is 0.500. The molecule has 0 unspecified atom stereocenters. The van der Waals surface area contributed by atoms with Crippen LogP contribution in [0, 0.1) is 0 Å². The van der Waals surface area contributed by atoms with Crippen LogP contribution >= 0.6 is 0 Å². The Bertz CT molecular complexity index is 1070. The molecule has 2 aliphatic rings. The van der Waals surface area contributed by atoms with Crippen molar-refractivity contribution in [1.29, 1.82) is 0 Å². The van der Waals surface area contributed by atoms with Gasteiger partial charge >= 0.3 is 0 Å². The second-order valence-corrected chi connectivity index (χ2v) is 11.1. The third-order valence-corrected chi connectivity index (χ3v) is 8.61. The van der Waals surface area contributed by atoms with Gasteiger partial charge in [0, 0.05) is 31.7 Å². The summed E-state index contributed by atoms with van der Waals surface area (Å²) < 4.78 is 33.5. The van der Waals surface area contributed by atoms with Gasteiger partial charge in [-0.1, -0.05) is 37.1 Å². The number of benzene rings is 2. The van der Waals surface area contributed by atoms with Gasteiger partial charge in [0.05, 0.1) is 7.11 Å². The van der Waals surface area contributed by atoms with E-state index in [2.05, 4.69) is 22.3 Å². The Morgan fingerprint density at radius 3 is 2.15 bits per heavy atom. The van der Waals surface area contributed by atoms with E-state index < -0.39 is 10.0 Å². The lowest BCUT2D eigenvalue weighted by atomic mass is 10.1. The van der Waals surface area contributed by atoms with Crippen molar-refractivity contribution in [2.75, 3.05) is 33.3 Å². The van der Waals surface area contributed by atoms with Gasteiger partial charge in [0.1, 0.15) is 10.6 Å². The second-order valence-electron chi connectivity index (χ2n) is 9.17. The van der Waals surface area contributed by atoms with Crippen molar-refractivity contribution in [3.8, 4) is 5.75 Å². The molecule has 184 valence electrons.